The molecular weight excluding hydrogens is 677 g/mol. The van der Waals surface area contributed by atoms with Gasteiger partial charge >= 0.3 is 12.2 Å². The number of anilines is 4. The van der Waals surface area contributed by atoms with Crippen molar-refractivity contribution in [2.24, 2.45) is 0 Å². The zero-order valence-corrected chi connectivity index (χ0v) is 34.1. The van der Waals surface area contributed by atoms with Crippen molar-refractivity contribution in [2.45, 2.75) is 118 Å². The van der Waals surface area contributed by atoms with Crippen molar-refractivity contribution in [1.29, 1.82) is 0 Å². The summed E-state index contributed by atoms with van der Waals surface area (Å²) in [7, 11) is 0. The van der Waals surface area contributed by atoms with Gasteiger partial charge in [0, 0.05) is 24.0 Å². The van der Waals surface area contributed by atoms with Gasteiger partial charge in [-0.2, -0.15) is 0 Å². The molecule has 0 aromatic heterocycles. The van der Waals surface area contributed by atoms with Crippen LogP contribution in [0.2, 0.25) is 0 Å². The Kier molecular flexibility index (Phi) is 10.9. The van der Waals surface area contributed by atoms with Crippen molar-refractivity contribution in [3.8, 4) is 0 Å². The number of benzene rings is 4. The monoisotopic (exact) mass is 734 g/mol. The summed E-state index contributed by atoms with van der Waals surface area (Å²) in [5, 5.41) is 28.7. The SMILES string of the molecule is Cc1ccc2c(c1)C(C)(C)c1ccc(CCO)cc1N2C(=O)OC(C)(C)C.Cc1ccc2c(c1C(C)(C)C)C(C)(C)c1ccc(CCO)cc1N2C(=O)O. The van der Waals surface area contributed by atoms with Crippen LogP contribution in [0.15, 0.2) is 66.7 Å². The second-order valence-electron chi connectivity index (χ2n) is 17.8. The molecule has 2 amide bonds. The number of hydrogen-bond donors (Lipinski definition) is 3. The number of fused-ring (bicyclic) bond motifs is 4. The largest absolute Gasteiger partial charge is 0.464 e. The van der Waals surface area contributed by atoms with E-state index in [0.717, 1.165) is 56.0 Å². The van der Waals surface area contributed by atoms with Crippen LogP contribution in [0.1, 0.15) is 119 Å². The Bertz CT molecular complexity index is 2080. The molecule has 0 atom stereocenters. The van der Waals surface area contributed by atoms with Crippen LogP contribution in [0.25, 0.3) is 0 Å². The lowest BCUT2D eigenvalue weighted by Crippen LogP contribution is -2.39. The summed E-state index contributed by atoms with van der Waals surface area (Å²) in [5.74, 6) is 0. The molecule has 4 aromatic carbocycles. The van der Waals surface area contributed by atoms with Crippen LogP contribution in [-0.2, 0) is 33.8 Å². The highest BCUT2D eigenvalue weighted by molar-refractivity contribution is 6.01. The summed E-state index contributed by atoms with van der Waals surface area (Å²) in [6, 6.07) is 22.1. The van der Waals surface area contributed by atoms with Crippen molar-refractivity contribution in [3.05, 3.63) is 117 Å². The molecule has 54 heavy (non-hydrogen) atoms. The van der Waals surface area contributed by atoms with Gasteiger partial charge < -0.3 is 20.1 Å². The third-order valence-electron chi connectivity index (χ3n) is 10.6. The fraction of sp³-hybridized carbons (Fsp3) is 0.435. The van der Waals surface area contributed by atoms with Gasteiger partial charge in [0.2, 0.25) is 0 Å². The van der Waals surface area contributed by atoms with Crippen molar-refractivity contribution in [2.75, 3.05) is 23.0 Å². The zero-order valence-electron chi connectivity index (χ0n) is 34.1. The highest BCUT2D eigenvalue weighted by Gasteiger charge is 2.43. The molecule has 4 aromatic rings. The number of nitrogens with zero attached hydrogens (tertiary/aromatic N) is 2. The lowest BCUT2D eigenvalue weighted by atomic mass is 9.66. The first-order valence-electron chi connectivity index (χ1n) is 18.8. The standard InChI is InChI=1S/2C23H29NO3/c1-15-7-10-19-18(13-15)23(5,6)17-9-8-16(11-12-25)14-20(17)24(19)21(26)27-22(2,3)4;1-14-7-10-17-20(19(14)22(2,3)4)23(5,6)16-9-8-15(11-12-25)13-18(16)24(17)21(26)27/h7-10,13-14,25H,11-12H2,1-6H3;7-10,13,25H,11-12H2,1-6H3,(H,26,27). The minimum absolute atomic E-state index is 0.0409. The van der Waals surface area contributed by atoms with Gasteiger partial charge in [-0.25, -0.2) is 19.4 Å². The van der Waals surface area contributed by atoms with Crippen LogP contribution < -0.4 is 9.80 Å². The first-order valence-corrected chi connectivity index (χ1v) is 18.8. The number of aliphatic hydroxyl groups excluding tert-OH is 2. The third kappa shape index (κ3) is 7.51. The van der Waals surface area contributed by atoms with E-state index in [9.17, 15) is 24.9 Å². The average molecular weight is 735 g/mol. The molecule has 0 saturated carbocycles. The molecule has 8 nitrogen and oxygen atoms in total. The second-order valence-corrected chi connectivity index (χ2v) is 17.8. The molecule has 2 aliphatic heterocycles. The van der Waals surface area contributed by atoms with Crippen LogP contribution in [0.3, 0.4) is 0 Å². The predicted octanol–water partition coefficient (Wildman–Crippen LogP) is 10.5. The van der Waals surface area contributed by atoms with Crippen LogP contribution in [0.4, 0.5) is 32.3 Å². The third-order valence-corrected chi connectivity index (χ3v) is 10.6. The maximum atomic E-state index is 13.2. The predicted molar refractivity (Wildman–Crippen MR) is 218 cm³/mol. The summed E-state index contributed by atoms with van der Waals surface area (Å²) >= 11 is 0. The quantitative estimate of drug-likeness (QED) is 0.193. The Balaban J connectivity index is 0.000000208. The van der Waals surface area contributed by atoms with E-state index in [1.165, 1.54) is 16.0 Å². The number of aryl methyl sites for hydroxylation is 2. The first kappa shape index (κ1) is 40.5. The minimum Gasteiger partial charge on any atom is -0.464 e. The van der Waals surface area contributed by atoms with Gasteiger partial charge in [-0.05, 0) is 122 Å². The highest BCUT2D eigenvalue weighted by atomic mass is 16.6. The van der Waals surface area contributed by atoms with E-state index in [2.05, 4.69) is 74.4 Å². The topological polar surface area (TPSA) is 111 Å². The van der Waals surface area contributed by atoms with Crippen LogP contribution in [-0.4, -0.2) is 46.3 Å². The van der Waals surface area contributed by atoms with E-state index >= 15 is 0 Å². The summed E-state index contributed by atoms with van der Waals surface area (Å²) in [6.45, 7) is 25.1. The van der Waals surface area contributed by atoms with Gasteiger partial charge in [0.25, 0.3) is 0 Å². The fourth-order valence-corrected chi connectivity index (χ4v) is 8.23. The van der Waals surface area contributed by atoms with Gasteiger partial charge in [0.05, 0.1) is 22.7 Å². The summed E-state index contributed by atoms with van der Waals surface area (Å²) in [6.07, 6.45) is -0.311. The number of ether oxygens (including phenoxy) is 1. The molecule has 0 radical (unpaired) electrons. The summed E-state index contributed by atoms with van der Waals surface area (Å²) < 4.78 is 5.73. The van der Waals surface area contributed by atoms with Crippen LogP contribution >= 0.6 is 0 Å². The Hall–Kier alpha value is -4.66. The molecule has 0 spiro atoms. The summed E-state index contributed by atoms with van der Waals surface area (Å²) in [4.78, 5) is 28.5. The maximum Gasteiger partial charge on any atom is 0.419 e. The molecule has 3 N–H and O–H groups in total. The molecule has 8 heteroatoms. The zero-order chi connectivity index (χ0) is 40.1. The Morgan fingerprint density at radius 2 is 1.17 bits per heavy atom. The number of carbonyl (C=O) groups excluding carboxylic acids is 1. The number of amides is 2. The van der Waals surface area contributed by atoms with Gasteiger partial charge in [-0.3, -0.25) is 0 Å². The van der Waals surface area contributed by atoms with E-state index in [4.69, 9.17) is 4.74 Å². The number of carbonyl (C=O) groups is 2. The van der Waals surface area contributed by atoms with Crippen molar-refractivity contribution >= 4 is 34.9 Å². The van der Waals surface area contributed by atoms with Crippen molar-refractivity contribution in [1.82, 2.24) is 0 Å². The van der Waals surface area contributed by atoms with Crippen LogP contribution in [0, 0.1) is 13.8 Å². The van der Waals surface area contributed by atoms with E-state index in [-0.39, 0.29) is 35.6 Å². The van der Waals surface area contributed by atoms with Crippen LogP contribution in [0.5, 0.6) is 0 Å². The van der Waals surface area contributed by atoms with Crippen molar-refractivity contribution in [3.63, 3.8) is 0 Å². The molecule has 0 aliphatic carbocycles. The molecule has 0 unspecified atom stereocenters. The Morgan fingerprint density at radius 1 is 0.648 bits per heavy atom. The molecule has 6 rings (SSSR count). The Labute approximate surface area is 321 Å². The smallest absolute Gasteiger partial charge is 0.419 e. The lowest BCUT2D eigenvalue weighted by Gasteiger charge is -2.43. The molecule has 2 aliphatic rings. The highest BCUT2D eigenvalue weighted by Crippen LogP contribution is 2.53. The molecule has 288 valence electrons. The van der Waals surface area contributed by atoms with Gasteiger partial charge in [0.1, 0.15) is 5.60 Å². The molecule has 0 saturated heterocycles. The molecule has 2 heterocycles. The van der Waals surface area contributed by atoms with E-state index in [0.29, 0.717) is 18.5 Å². The van der Waals surface area contributed by atoms with Gasteiger partial charge in [-0.1, -0.05) is 96.5 Å². The van der Waals surface area contributed by atoms with E-state index in [1.807, 2.05) is 75.4 Å². The van der Waals surface area contributed by atoms with E-state index < -0.39 is 11.7 Å². The first-order chi connectivity index (χ1) is 25.0. The van der Waals surface area contributed by atoms with Gasteiger partial charge in [0.15, 0.2) is 0 Å². The number of rotatable bonds is 4. The summed E-state index contributed by atoms with van der Waals surface area (Å²) in [5.41, 5.74) is 11.6. The normalized spacial score (nSPS) is 15.2. The number of carboxylic acid groups (broad SMARTS) is 1. The van der Waals surface area contributed by atoms with Crippen molar-refractivity contribution < 1.29 is 29.6 Å². The minimum atomic E-state index is -0.988. The fourth-order valence-electron chi connectivity index (χ4n) is 8.23. The van der Waals surface area contributed by atoms with Gasteiger partial charge in [-0.15, -0.1) is 0 Å². The maximum absolute atomic E-state index is 13.2. The molecule has 0 bridgehead atoms. The Morgan fingerprint density at radius 3 is 1.67 bits per heavy atom. The van der Waals surface area contributed by atoms with E-state index in [1.54, 1.807) is 4.90 Å². The molecular formula is C46H58N2O6. The number of hydrogen-bond acceptors (Lipinski definition) is 5. The second kappa shape index (κ2) is 14.5. The molecule has 0 fully saturated rings. The number of aliphatic hydroxyl groups is 2. The average Bonchev–Trinajstić information content (AvgIpc) is 3.04. The lowest BCUT2D eigenvalue weighted by molar-refractivity contribution is 0.0597.